The van der Waals surface area contributed by atoms with Crippen molar-refractivity contribution in [1.29, 1.82) is 0 Å². The van der Waals surface area contributed by atoms with E-state index in [-0.39, 0.29) is 18.7 Å². The van der Waals surface area contributed by atoms with Crippen molar-refractivity contribution >= 4 is 16.9 Å². The first-order valence-corrected chi connectivity index (χ1v) is 6.00. The number of aromatic carboxylic acids is 1. The third kappa shape index (κ3) is 1.61. The zero-order valence-electron chi connectivity index (χ0n) is 10.3. The molecule has 1 aromatic carbocycles. The number of carboxylic acids is 1. The molecule has 0 radical (unpaired) electrons. The molecule has 0 unspecified atom stereocenters. The van der Waals surface area contributed by atoms with Crippen LogP contribution in [0.25, 0.3) is 10.9 Å². The topological polar surface area (TPSA) is 59.3 Å². The summed E-state index contributed by atoms with van der Waals surface area (Å²) in [5.41, 5.74) is -2.82. The molecule has 0 bridgehead atoms. The van der Waals surface area contributed by atoms with E-state index in [1.165, 1.54) is 0 Å². The average Bonchev–Trinajstić information content (AvgIpc) is 2.89. The number of benzene rings is 1. The van der Waals surface area contributed by atoms with Crippen molar-refractivity contribution in [2.24, 2.45) is 0 Å². The maximum Gasteiger partial charge on any atom is 0.341 e. The van der Waals surface area contributed by atoms with Gasteiger partial charge in [0.05, 0.1) is 10.9 Å². The molecule has 110 valence electrons. The molecule has 0 saturated heterocycles. The number of pyridine rings is 1. The molecule has 1 aliphatic rings. The molecule has 1 aliphatic heterocycles. The summed E-state index contributed by atoms with van der Waals surface area (Å²) in [6, 6.07) is 0. The highest BCUT2D eigenvalue weighted by Crippen LogP contribution is 2.30. The highest BCUT2D eigenvalue weighted by atomic mass is 19.2. The van der Waals surface area contributed by atoms with Crippen LogP contribution in [0.5, 0.6) is 0 Å². The minimum absolute atomic E-state index is 0.00990. The number of nitrogens with zero attached hydrogens (tertiary/aromatic N) is 1. The van der Waals surface area contributed by atoms with Gasteiger partial charge in [0, 0.05) is 12.2 Å². The zero-order valence-corrected chi connectivity index (χ0v) is 10.3. The van der Waals surface area contributed by atoms with Gasteiger partial charge in [-0.15, -0.1) is 0 Å². The van der Waals surface area contributed by atoms with Crippen molar-refractivity contribution < 1.29 is 27.5 Å². The van der Waals surface area contributed by atoms with E-state index in [4.69, 9.17) is 5.11 Å². The molecule has 0 fully saturated rings. The number of aryl methyl sites for hydroxylation is 1. The predicted octanol–water partition coefficient (Wildman–Crippen LogP) is 2.20. The Bertz CT molecular complexity index is 873. The Kier molecular flexibility index (Phi) is 2.79. The van der Waals surface area contributed by atoms with Crippen molar-refractivity contribution in [1.82, 2.24) is 4.57 Å². The number of hydrogen-bond donors (Lipinski definition) is 1. The van der Waals surface area contributed by atoms with E-state index in [1.807, 2.05) is 0 Å². The van der Waals surface area contributed by atoms with Crippen LogP contribution in [0.1, 0.15) is 22.5 Å². The van der Waals surface area contributed by atoms with E-state index in [9.17, 15) is 27.2 Å². The summed E-state index contributed by atoms with van der Waals surface area (Å²) in [5, 5.41) is 8.00. The van der Waals surface area contributed by atoms with Crippen molar-refractivity contribution in [2.75, 3.05) is 0 Å². The fourth-order valence-corrected chi connectivity index (χ4v) is 2.74. The Labute approximate surface area is 114 Å². The van der Waals surface area contributed by atoms with Gasteiger partial charge in [0.25, 0.3) is 0 Å². The number of carbonyl (C=O) groups is 1. The molecule has 2 heterocycles. The van der Waals surface area contributed by atoms with Gasteiger partial charge in [-0.25, -0.2) is 22.4 Å². The molecule has 0 atom stereocenters. The Morgan fingerprint density at radius 1 is 1.05 bits per heavy atom. The van der Waals surface area contributed by atoms with Crippen LogP contribution in [0.15, 0.2) is 4.79 Å². The summed E-state index contributed by atoms with van der Waals surface area (Å²) in [4.78, 5) is 23.3. The highest BCUT2D eigenvalue weighted by Gasteiger charge is 2.31. The first-order chi connectivity index (χ1) is 9.86. The predicted molar refractivity (Wildman–Crippen MR) is 63.3 cm³/mol. The fraction of sp³-hybridized carbons (Fsp3) is 0.231. The number of fused-ring (bicyclic) bond motifs is 3. The molecule has 21 heavy (non-hydrogen) atoms. The molecular weight excluding hydrogens is 294 g/mol. The van der Waals surface area contributed by atoms with Crippen LogP contribution in [-0.4, -0.2) is 15.6 Å². The monoisotopic (exact) mass is 301 g/mol. The lowest BCUT2D eigenvalue weighted by Crippen LogP contribution is -2.24. The highest BCUT2D eigenvalue weighted by molar-refractivity contribution is 5.94. The van der Waals surface area contributed by atoms with Gasteiger partial charge in [0.15, 0.2) is 23.3 Å². The smallest absolute Gasteiger partial charge is 0.341 e. The van der Waals surface area contributed by atoms with E-state index >= 15 is 0 Å². The average molecular weight is 301 g/mol. The van der Waals surface area contributed by atoms with Gasteiger partial charge in [0.1, 0.15) is 5.56 Å². The minimum atomic E-state index is -2.13. The van der Waals surface area contributed by atoms with Gasteiger partial charge in [0.2, 0.25) is 5.43 Å². The Morgan fingerprint density at radius 2 is 1.67 bits per heavy atom. The van der Waals surface area contributed by atoms with Crippen LogP contribution in [0.3, 0.4) is 0 Å². The van der Waals surface area contributed by atoms with Crippen LogP contribution in [0, 0.1) is 23.3 Å². The van der Waals surface area contributed by atoms with Crippen molar-refractivity contribution in [3.8, 4) is 0 Å². The quantitative estimate of drug-likeness (QED) is 0.499. The molecule has 0 aliphatic carbocycles. The second-order valence-electron chi connectivity index (χ2n) is 4.69. The molecule has 1 aromatic heterocycles. The third-order valence-corrected chi connectivity index (χ3v) is 3.59. The van der Waals surface area contributed by atoms with Gasteiger partial charge in [-0.05, 0) is 12.8 Å². The van der Waals surface area contributed by atoms with E-state index in [1.54, 1.807) is 0 Å². The van der Waals surface area contributed by atoms with Crippen LogP contribution < -0.4 is 5.43 Å². The lowest BCUT2D eigenvalue weighted by molar-refractivity contribution is 0.0694. The molecule has 0 spiro atoms. The van der Waals surface area contributed by atoms with Crippen LogP contribution >= 0.6 is 0 Å². The van der Waals surface area contributed by atoms with E-state index in [0.717, 1.165) is 4.57 Å². The molecule has 2 aromatic rings. The largest absolute Gasteiger partial charge is 0.477 e. The molecule has 4 nitrogen and oxygen atoms in total. The summed E-state index contributed by atoms with van der Waals surface area (Å²) in [6.45, 7) is 0.0911. The molecule has 0 saturated carbocycles. The summed E-state index contributed by atoms with van der Waals surface area (Å²) in [5.74, 6) is -9.34. The normalized spacial score (nSPS) is 13.7. The molecule has 3 rings (SSSR count). The van der Waals surface area contributed by atoms with Gasteiger partial charge in [-0.2, -0.15) is 0 Å². The SMILES string of the molecule is O=C(O)c1c2n(c3c(F)c(F)c(F)c(F)c3c1=O)CCC2. The zero-order chi connectivity index (χ0) is 15.5. The lowest BCUT2D eigenvalue weighted by atomic mass is 10.1. The number of carboxylic acid groups (broad SMARTS) is 1. The Hall–Kier alpha value is -2.38. The maximum absolute atomic E-state index is 13.9. The van der Waals surface area contributed by atoms with E-state index in [2.05, 4.69) is 0 Å². The van der Waals surface area contributed by atoms with Crippen LogP contribution in [0.2, 0.25) is 0 Å². The summed E-state index contributed by atoms with van der Waals surface area (Å²) in [7, 11) is 0. The van der Waals surface area contributed by atoms with E-state index < -0.39 is 51.1 Å². The minimum Gasteiger partial charge on any atom is -0.477 e. The third-order valence-electron chi connectivity index (χ3n) is 3.59. The fourth-order valence-electron chi connectivity index (χ4n) is 2.74. The van der Waals surface area contributed by atoms with Crippen molar-refractivity contribution in [3.05, 3.63) is 44.7 Å². The summed E-state index contributed by atoms with van der Waals surface area (Å²) in [6.07, 6.45) is 0.547. The van der Waals surface area contributed by atoms with Crippen LogP contribution in [-0.2, 0) is 13.0 Å². The number of aromatic nitrogens is 1. The van der Waals surface area contributed by atoms with Gasteiger partial charge >= 0.3 is 5.97 Å². The lowest BCUT2D eigenvalue weighted by Gasteiger charge is -2.14. The maximum atomic E-state index is 13.9. The summed E-state index contributed by atoms with van der Waals surface area (Å²) < 4.78 is 55.4. The first-order valence-electron chi connectivity index (χ1n) is 6.00. The summed E-state index contributed by atoms with van der Waals surface area (Å²) >= 11 is 0. The molecule has 8 heteroatoms. The van der Waals surface area contributed by atoms with Gasteiger partial charge < -0.3 is 9.67 Å². The van der Waals surface area contributed by atoms with E-state index in [0.29, 0.717) is 6.42 Å². The number of hydrogen-bond acceptors (Lipinski definition) is 2. The molecule has 0 amide bonds. The Balaban J connectivity index is 2.68. The first kappa shape index (κ1) is 13.6. The van der Waals surface area contributed by atoms with Gasteiger partial charge in [-0.1, -0.05) is 0 Å². The van der Waals surface area contributed by atoms with Crippen LogP contribution in [0.4, 0.5) is 17.6 Å². The second kappa shape index (κ2) is 4.31. The van der Waals surface area contributed by atoms with Crippen molar-refractivity contribution in [2.45, 2.75) is 19.4 Å². The molecule has 1 N–H and O–H groups in total. The standard InChI is InChI=1S/C13H7F4NO3/c14-7-6-11(10(17)9(16)8(7)15)18-3-1-2-4(18)5(12(6)19)13(20)21/h1-3H2,(H,20,21). The van der Waals surface area contributed by atoms with Gasteiger partial charge in [-0.3, -0.25) is 4.79 Å². The second-order valence-corrected chi connectivity index (χ2v) is 4.69. The molecular formula is C13H7F4NO3. The number of halogens is 4. The Morgan fingerprint density at radius 3 is 2.29 bits per heavy atom. The van der Waals surface area contributed by atoms with Crippen molar-refractivity contribution in [3.63, 3.8) is 0 Å². The number of rotatable bonds is 1.